The third-order valence-corrected chi connectivity index (χ3v) is 8.19. The van der Waals surface area contributed by atoms with Gasteiger partial charge in [-0.2, -0.15) is 0 Å². The second kappa shape index (κ2) is 9.50. The molecule has 3 rings (SSSR count). The van der Waals surface area contributed by atoms with Crippen molar-refractivity contribution in [2.45, 2.75) is 30.9 Å². The smallest absolute Gasteiger partial charge is 0.274 e. The molecule has 1 unspecified atom stereocenters. The number of rotatable bonds is 8. The summed E-state index contributed by atoms with van der Waals surface area (Å²) in [4.78, 5) is 16.7. The number of benzene rings is 1. The second-order valence-electron chi connectivity index (χ2n) is 8.12. The van der Waals surface area contributed by atoms with Crippen LogP contribution in [0.2, 0.25) is 0 Å². The zero-order valence-electron chi connectivity index (χ0n) is 18.4. The van der Waals surface area contributed by atoms with Gasteiger partial charge in [0.15, 0.2) is 9.84 Å². The summed E-state index contributed by atoms with van der Waals surface area (Å²) >= 11 is 0. The van der Waals surface area contributed by atoms with Gasteiger partial charge in [0.1, 0.15) is 34.4 Å². The van der Waals surface area contributed by atoms with Crippen molar-refractivity contribution in [3.05, 3.63) is 47.8 Å². The van der Waals surface area contributed by atoms with Crippen LogP contribution < -0.4 is 20.5 Å². The molecule has 4 N–H and O–H groups in total. The highest BCUT2D eigenvalue weighted by Crippen LogP contribution is 2.38. The lowest BCUT2D eigenvalue weighted by atomic mass is 9.94. The molecule has 0 aliphatic carbocycles. The number of hydrogen-bond acceptors (Lipinski definition) is 7. The first-order valence-corrected chi connectivity index (χ1v) is 11.9. The third-order valence-electron chi connectivity index (χ3n) is 5.57. The van der Waals surface area contributed by atoms with Gasteiger partial charge in [0.2, 0.25) is 0 Å². The highest BCUT2D eigenvalue weighted by Gasteiger charge is 2.40. The van der Waals surface area contributed by atoms with Gasteiger partial charge in [-0.15, -0.1) is 6.42 Å². The maximum Gasteiger partial charge on any atom is 0.274 e. The monoisotopic (exact) mass is 470 g/mol. The average Bonchev–Trinajstić information content (AvgIpc) is 2.78. The molecule has 10 heteroatoms. The number of amidine groups is 1. The van der Waals surface area contributed by atoms with Crippen molar-refractivity contribution in [1.29, 1.82) is 5.41 Å². The Bertz CT molecular complexity index is 1200. The summed E-state index contributed by atoms with van der Waals surface area (Å²) in [7, 11) is -3.72. The van der Waals surface area contributed by atoms with Gasteiger partial charge in [-0.05, 0) is 50.6 Å². The number of hydrogen-bond donors (Lipinski definition) is 3. The zero-order chi connectivity index (χ0) is 24.2. The van der Waals surface area contributed by atoms with E-state index in [2.05, 4.69) is 16.2 Å². The van der Waals surface area contributed by atoms with E-state index in [1.54, 1.807) is 24.3 Å². The Morgan fingerprint density at radius 1 is 1.39 bits per heavy atom. The van der Waals surface area contributed by atoms with Crippen molar-refractivity contribution >= 4 is 27.3 Å². The minimum Gasteiger partial charge on any atom is -0.493 e. The van der Waals surface area contributed by atoms with Crippen molar-refractivity contribution in [3.63, 3.8) is 0 Å². The van der Waals surface area contributed by atoms with Gasteiger partial charge in [-0.3, -0.25) is 10.2 Å². The van der Waals surface area contributed by atoms with Gasteiger partial charge in [0.05, 0.1) is 18.6 Å². The number of aromatic nitrogens is 1. The number of fused-ring (bicyclic) bond motifs is 1. The summed E-state index contributed by atoms with van der Waals surface area (Å²) < 4.78 is 35.4. The van der Waals surface area contributed by atoms with Crippen LogP contribution in [0.3, 0.4) is 0 Å². The van der Waals surface area contributed by atoms with Crippen LogP contribution in [0.15, 0.2) is 36.5 Å². The van der Waals surface area contributed by atoms with Gasteiger partial charge in [-0.1, -0.05) is 5.92 Å². The number of nitrogens with two attached hydrogens (primary N) is 1. The summed E-state index contributed by atoms with van der Waals surface area (Å²) in [6.07, 6.45) is 7.04. The Kier molecular flexibility index (Phi) is 6.93. The third kappa shape index (κ3) is 5.26. The van der Waals surface area contributed by atoms with Crippen LogP contribution in [-0.4, -0.2) is 48.9 Å². The lowest BCUT2D eigenvalue weighted by molar-refractivity contribution is 0.102. The number of nitrogens with zero attached hydrogens (tertiary/aromatic N) is 1. The van der Waals surface area contributed by atoms with Crippen LogP contribution in [0.1, 0.15) is 42.2 Å². The molecule has 174 valence electrons. The highest BCUT2D eigenvalue weighted by molar-refractivity contribution is 7.93. The lowest BCUT2D eigenvalue weighted by Gasteiger charge is -2.30. The van der Waals surface area contributed by atoms with Crippen molar-refractivity contribution in [2.75, 3.05) is 24.3 Å². The van der Waals surface area contributed by atoms with Gasteiger partial charge in [0.25, 0.3) is 5.91 Å². The SMILES string of the molecule is C#CCOc1ccc(C(=O)Nc2ccc3c(c2)C(CS(=O)(=O)C(C)(C)C(=N)N)CCO3)nc1. The van der Waals surface area contributed by atoms with E-state index in [0.717, 1.165) is 0 Å². The minimum absolute atomic E-state index is 0.102. The fourth-order valence-corrected chi connectivity index (χ4v) is 4.90. The van der Waals surface area contributed by atoms with E-state index in [0.29, 0.717) is 35.8 Å². The number of carbonyl (C=O) groups excluding carboxylic acids is 1. The Hall–Kier alpha value is -3.58. The van der Waals surface area contributed by atoms with E-state index in [1.807, 2.05) is 0 Å². The number of pyridine rings is 1. The van der Waals surface area contributed by atoms with Gasteiger partial charge >= 0.3 is 0 Å². The zero-order valence-corrected chi connectivity index (χ0v) is 19.2. The molecule has 0 bridgehead atoms. The molecular formula is C23H26N4O5S. The predicted octanol–water partition coefficient (Wildman–Crippen LogP) is 2.34. The Morgan fingerprint density at radius 2 is 2.15 bits per heavy atom. The lowest BCUT2D eigenvalue weighted by Crippen LogP contribution is -2.47. The first-order chi connectivity index (χ1) is 15.5. The van der Waals surface area contributed by atoms with Crippen LogP contribution in [0, 0.1) is 17.8 Å². The van der Waals surface area contributed by atoms with E-state index in [4.69, 9.17) is 27.0 Å². The Morgan fingerprint density at radius 3 is 2.79 bits per heavy atom. The minimum atomic E-state index is -3.72. The second-order valence-corrected chi connectivity index (χ2v) is 10.7. The molecule has 1 atom stereocenters. The predicted molar refractivity (Wildman–Crippen MR) is 126 cm³/mol. The average molecular weight is 471 g/mol. The first kappa shape index (κ1) is 24.1. The summed E-state index contributed by atoms with van der Waals surface area (Å²) in [5.41, 5.74) is 6.87. The Balaban J connectivity index is 1.79. The standard InChI is InChI=1S/C23H26N4O5S/c1-4-10-31-17-6-7-19(26-13-17)21(28)27-16-5-8-20-18(12-16)15(9-11-32-20)14-33(29,30)23(2,3)22(24)25/h1,5-8,12-13,15H,9-11,14H2,2-3H3,(H3,24,25)(H,27,28). The molecule has 1 aromatic carbocycles. The molecule has 2 aromatic rings. The number of nitrogens with one attached hydrogen (secondary N) is 2. The van der Waals surface area contributed by atoms with Crippen LogP contribution in [0.25, 0.3) is 0 Å². The van der Waals surface area contributed by atoms with Crippen LogP contribution in [-0.2, 0) is 9.84 Å². The maximum atomic E-state index is 13.0. The normalized spacial score (nSPS) is 15.5. The van der Waals surface area contributed by atoms with E-state index in [-0.39, 0.29) is 24.0 Å². The molecule has 1 amide bonds. The van der Waals surface area contributed by atoms with E-state index in [9.17, 15) is 13.2 Å². The van der Waals surface area contributed by atoms with Crippen LogP contribution in [0.4, 0.5) is 5.69 Å². The van der Waals surface area contributed by atoms with E-state index >= 15 is 0 Å². The van der Waals surface area contributed by atoms with Crippen LogP contribution in [0.5, 0.6) is 11.5 Å². The van der Waals surface area contributed by atoms with Crippen molar-refractivity contribution in [3.8, 4) is 23.8 Å². The van der Waals surface area contributed by atoms with E-state index < -0.39 is 26.3 Å². The number of terminal acetylenes is 1. The molecule has 9 nitrogen and oxygen atoms in total. The van der Waals surface area contributed by atoms with Crippen molar-refractivity contribution in [2.24, 2.45) is 5.73 Å². The highest BCUT2D eigenvalue weighted by atomic mass is 32.2. The molecule has 0 saturated heterocycles. The Labute approximate surface area is 193 Å². The van der Waals surface area contributed by atoms with Gasteiger partial charge in [-0.25, -0.2) is 13.4 Å². The topological polar surface area (TPSA) is 144 Å². The van der Waals surface area contributed by atoms with Crippen molar-refractivity contribution in [1.82, 2.24) is 4.98 Å². The first-order valence-electron chi connectivity index (χ1n) is 10.2. The molecule has 0 saturated carbocycles. The molecule has 0 radical (unpaired) electrons. The summed E-state index contributed by atoms with van der Waals surface area (Å²) in [5.74, 6) is 1.98. The number of anilines is 1. The number of ether oxygens (including phenoxy) is 2. The van der Waals surface area contributed by atoms with Crippen LogP contribution >= 0.6 is 0 Å². The molecule has 1 aliphatic rings. The molecule has 2 heterocycles. The summed E-state index contributed by atoms with van der Waals surface area (Å²) in [6, 6.07) is 8.19. The number of carbonyl (C=O) groups is 1. The number of amides is 1. The maximum absolute atomic E-state index is 13.0. The molecule has 33 heavy (non-hydrogen) atoms. The molecular weight excluding hydrogens is 444 g/mol. The molecule has 0 spiro atoms. The largest absolute Gasteiger partial charge is 0.493 e. The number of sulfone groups is 1. The molecule has 0 fully saturated rings. The van der Waals surface area contributed by atoms with Gasteiger partial charge in [0, 0.05) is 17.2 Å². The molecule has 1 aromatic heterocycles. The quantitative estimate of drug-likeness (QED) is 0.305. The van der Waals surface area contributed by atoms with Crippen molar-refractivity contribution < 1.29 is 22.7 Å². The molecule has 1 aliphatic heterocycles. The van der Waals surface area contributed by atoms with E-state index in [1.165, 1.54) is 26.1 Å². The summed E-state index contributed by atoms with van der Waals surface area (Å²) in [5, 5.41) is 10.4. The van der Waals surface area contributed by atoms with Gasteiger partial charge < -0.3 is 20.5 Å². The fourth-order valence-electron chi connectivity index (χ4n) is 3.28. The summed E-state index contributed by atoms with van der Waals surface area (Å²) in [6.45, 7) is 3.33. The fraction of sp³-hybridized carbons (Fsp3) is 0.348.